The monoisotopic (exact) mass is 551 g/mol. The first kappa shape index (κ1) is 27.4. The van der Waals surface area contributed by atoms with E-state index in [-0.39, 0.29) is 42.7 Å². The van der Waals surface area contributed by atoms with Crippen molar-refractivity contribution in [2.75, 3.05) is 37.9 Å². The Hall–Kier alpha value is -2.62. The van der Waals surface area contributed by atoms with Gasteiger partial charge in [-0.05, 0) is 38.1 Å². The molecular formula is C25H28ClFN3O6P. The average Bonchev–Trinajstić information content (AvgIpc) is 3.35. The second-order valence-corrected chi connectivity index (χ2v) is 10.8. The van der Waals surface area contributed by atoms with Crippen LogP contribution in [0.25, 0.3) is 10.9 Å². The molecule has 3 aromatic rings. The number of rotatable bonds is 12. The molecule has 1 saturated heterocycles. The summed E-state index contributed by atoms with van der Waals surface area (Å²) in [6.07, 6.45) is 1.52. The Bertz CT molecular complexity index is 1310. The van der Waals surface area contributed by atoms with Gasteiger partial charge < -0.3 is 23.8 Å². The largest absolute Gasteiger partial charge is 0.488 e. The van der Waals surface area contributed by atoms with E-state index in [0.29, 0.717) is 46.9 Å². The lowest BCUT2D eigenvalue weighted by molar-refractivity contribution is -0.116. The minimum absolute atomic E-state index is 0.0304. The van der Waals surface area contributed by atoms with Crippen molar-refractivity contribution in [3.8, 4) is 5.75 Å². The third kappa shape index (κ3) is 7.03. The summed E-state index contributed by atoms with van der Waals surface area (Å²) in [7, 11) is -3.56. The molecule has 2 heterocycles. The number of halogens is 2. The van der Waals surface area contributed by atoms with Gasteiger partial charge in [-0.2, -0.15) is 0 Å². The quantitative estimate of drug-likeness (QED) is 0.283. The molecule has 1 aliphatic heterocycles. The fourth-order valence-electron chi connectivity index (χ4n) is 3.98. The fourth-order valence-corrected chi connectivity index (χ4v) is 5.75. The predicted octanol–water partition coefficient (Wildman–Crippen LogP) is 5.71. The van der Waals surface area contributed by atoms with E-state index < -0.39 is 13.4 Å². The Labute approximate surface area is 219 Å². The number of anilines is 2. The molecule has 1 aromatic heterocycles. The lowest BCUT2D eigenvalue weighted by Gasteiger charge is -2.19. The van der Waals surface area contributed by atoms with Crippen molar-refractivity contribution in [2.45, 2.75) is 32.8 Å². The summed E-state index contributed by atoms with van der Waals surface area (Å²) in [5.41, 5.74) is 1.67. The molecule has 2 aromatic carbocycles. The van der Waals surface area contributed by atoms with Crippen LogP contribution in [-0.2, 0) is 29.6 Å². The average molecular weight is 552 g/mol. The number of carbonyl (C=O) groups is 1. The van der Waals surface area contributed by atoms with E-state index in [1.807, 2.05) is 0 Å². The van der Waals surface area contributed by atoms with Crippen LogP contribution in [0.1, 0.15) is 25.8 Å². The number of benzene rings is 2. The highest BCUT2D eigenvalue weighted by atomic mass is 35.5. The minimum Gasteiger partial charge on any atom is -0.488 e. The Morgan fingerprint density at radius 3 is 2.68 bits per heavy atom. The van der Waals surface area contributed by atoms with E-state index >= 15 is 0 Å². The third-order valence-corrected chi connectivity index (χ3v) is 7.92. The summed E-state index contributed by atoms with van der Waals surface area (Å²) in [5.74, 6) is 0.0586. The molecule has 1 N–H and O–H groups in total. The molecule has 0 saturated carbocycles. The van der Waals surface area contributed by atoms with Crippen LogP contribution < -0.4 is 10.1 Å². The second kappa shape index (κ2) is 12.3. The van der Waals surface area contributed by atoms with Gasteiger partial charge in [0.1, 0.15) is 41.8 Å². The number of fused-ring (bicyclic) bond motifs is 1. The molecule has 12 heteroatoms. The standard InChI is InChI=1S/C25H28ClFN3O6P/c1-3-34-37(32,35-4-2)14-18(31)9-16-10-20-23(12-24(16)36-19-7-8-33-13-19)28-15-29-25(20)30-17-5-6-22(27)21(26)11-17/h5-6,10-12,15,19H,3-4,7-9,13-14H2,1-2H3,(H,28,29,30). The molecule has 37 heavy (non-hydrogen) atoms. The van der Waals surface area contributed by atoms with Gasteiger partial charge in [-0.15, -0.1) is 0 Å². The summed E-state index contributed by atoms with van der Waals surface area (Å²) in [6.45, 7) is 4.74. The highest BCUT2D eigenvalue weighted by Crippen LogP contribution is 2.48. The molecule has 0 aliphatic carbocycles. The van der Waals surface area contributed by atoms with Crippen LogP contribution in [0.4, 0.5) is 15.9 Å². The van der Waals surface area contributed by atoms with Gasteiger partial charge in [0.15, 0.2) is 0 Å². The maximum atomic E-state index is 13.6. The number of hydrogen-bond acceptors (Lipinski definition) is 9. The van der Waals surface area contributed by atoms with Crippen LogP contribution in [0, 0.1) is 5.82 Å². The molecule has 4 rings (SSSR count). The predicted molar refractivity (Wildman–Crippen MR) is 139 cm³/mol. The van der Waals surface area contributed by atoms with Crippen molar-refractivity contribution >= 4 is 47.4 Å². The number of nitrogens with zero attached hydrogens (tertiary/aromatic N) is 2. The summed E-state index contributed by atoms with van der Waals surface area (Å²) in [4.78, 5) is 21.7. The zero-order chi connectivity index (χ0) is 26.4. The second-order valence-electron chi connectivity index (χ2n) is 8.38. The molecule has 0 bridgehead atoms. The minimum atomic E-state index is -3.56. The number of Topliss-reactive ketones (excluding diaryl/α,β-unsaturated/α-hetero) is 1. The smallest absolute Gasteiger partial charge is 0.338 e. The van der Waals surface area contributed by atoms with Crippen molar-refractivity contribution in [1.29, 1.82) is 0 Å². The van der Waals surface area contributed by atoms with Gasteiger partial charge in [-0.3, -0.25) is 9.36 Å². The maximum absolute atomic E-state index is 13.6. The zero-order valence-corrected chi connectivity index (χ0v) is 22.2. The maximum Gasteiger partial charge on any atom is 0.338 e. The molecule has 198 valence electrons. The van der Waals surface area contributed by atoms with E-state index in [1.54, 1.807) is 26.0 Å². The van der Waals surface area contributed by atoms with Gasteiger partial charge in [0, 0.05) is 35.5 Å². The third-order valence-electron chi connectivity index (χ3n) is 5.59. The van der Waals surface area contributed by atoms with Gasteiger partial charge in [0.05, 0.1) is 37.0 Å². The Kier molecular flexibility index (Phi) is 9.10. The highest BCUT2D eigenvalue weighted by molar-refractivity contribution is 7.54. The number of aromatic nitrogens is 2. The van der Waals surface area contributed by atoms with E-state index in [4.69, 9.17) is 30.1 Å². The van der Waals surface area contributed by atoms with Crippen molar-refractivity contribution in [3.05, 3.63) is 53.1 Å². The molecule has 1 atom stereocenters. The first-order valence-corrected chi connectivity index (χ1v) is 14.0. The van der Waals surface area contributed by atoms with Crippen LogP contribution >= 0.6 is 19.2 Å². The van der Waals surface area contributed by atoms with Crippen LogP contribution in [-0.4, -0.2) is 54.4 Å². The van der Waals surface area contributed by atoms with Gasteiger partial charge in [0.2, 0.25) is 0 Å². The summed E-state index contributed by atoms with van der Waals surface area (Å²) in [5, 5.41) is 3.71. The highest BCUT2D eigenvalue weighted by Gasteiger charge is 2.29. The van der Waals surface area contributed by atoms with Crippen molar-refractivity contribution < 1.29 is 32.3 Å². The summed E-state index contributed by atoms with van der Waals surface area (Å²) in [6, 6.07) is 7.74. The number of nitrogens with one attached hydrogen (secondary N) is 1. The first-order chi connectivity index (χ1) is 17.8. The van der Waals surface area contributed by atoms with Gasteiger partial charge in [-0.1, -0.05) is 11.6 Å². The molecular weight excluding hydrogens is 524 g/mol. The van der Waals surface area contributed by atoms with Crippen molar-refractivity contribution in [2.24, 2.45) is 0 Å². The SMILES string of the molecule is CCOP(=O)(CC(=O)Cc1cc2c(Nc3ccc(F)c(Cl)c3)ncnc2cc1OC1CCOC1)OCC. The van der Waals surface area contributed by atoms with Crippen molar-refractivity contribution in [1.82, 2.24) is 9.97 Å². The lowest BCUT2D eigenvalue weighted by atomic mass is 10.0. The van der Waals surface area contributed by atoms with Crippen molar-refractivity contribution in [3.63, 3.8) is 0 Å². The number of ketones is 1. The van der Waals surface area contributed by atoms with E-state index in [0.717, 1.165) is 6.42 Å². The van der Waals surface area contributed by atoms with Crippen LogP contribution in [0.2, 0.25) is 5.02 Å². The van der Waals surface area contributed by atoms with E-state index in [1.165, 1.54) is 24.5 Å². The van der Waals surface area contributed by atoms with Gasteiger partial charge in [0.25, 0.3) is 0 Å². The normalized spacial score (nSPS) is 15.7. The number of hydrogen-bond donors (Lipinski definition) is 1. The molecule has 9 nitrogen and oxygen atoms in total. The van der Waals surface area contributed by atoms with E-state index in [2.05, 4.69) is 15.3 Å². The van der Waals surface area contributed by atoms with Gasteiger partial charge in [-0.25, -0.2) is 14.4 Å². The summed E-state index contributed by atoms with van der Waals surface area (Å²) >= 11 is 5.92. The molecule has 1 aliphatic rings. The molecule has 0 radical (unpaired) electrons. The Morgan fingerprint density at radius 1 is 1.22 bits per heavy atom. The summed E-state index contributed by atoms with van der Waals surface area (Å²) < 4.78 is 48.7. The molecule has 0 amide bonds. The fraction of sp³-hybridized carbons (Fsp3) is 0.400. The number of carbonyl (C=O) groups excluding carboxylic acids is 1. The molecule has 1 unspecified atom stereocenters. The molecule has 0 spiro atoms. The van der Waals surface area contributed by atoms with E-state index in [9.17, 15) is 13.8 Å². The zero-order valence-electron chi connectivity index (χ0n) is 20.5. The lowest BCUT2D eigenvalue weighted by Crippen LogP contribution is -2.18. The van der Waals surface area contributed by atoms with Crippen LogP contribution in [0.15, 0.2) is 36.7 Å². The van der Waals surface area contributed by atoms with Crippen LogP contribution in [0.5, 0.6) is 5.75 Å². The molecule has 1 fully saturated rings. The Balaban J connectivity index is 1.68. The van der Waals surface area contributed by atoms with Crippen LogP contribution in [0.3, 0.4) is 0 Å². The topological polar surface area (TPSA) is 109 Å². The first-order valence-electron chi connectivity index (χ1n) is 11.9. The number of ether oxygens (including phenoxy) is 2. The van der Waals surface area contributed by atoms with Gasteiger partial charge >= 0.3 is 7.60 Å². The Morgan fingerprint density at radius 2 is 2.00 bits per heavy atom.